The second-order valence-corrected chi connectivity index (χ2v) is 115. The first kappa shape index (κ1) is 102. The van der Waals surface area contributed by atoms with Gasteiger partial charge in [-0.05, 0) is 324 Å². The molecule has 105 heavy (non-hydrogen) atoms. The van der Waals surface area contributed by atoms with Gasteiger partial charge in [-0.15, -0.1) is 0 Å². The zero-order valence-corrected chi connectivity index (χ0v) is 94.5. The molecule has 0 saturated heterocycles. The highest BCUT2D eigenvalue weighted by molar-refractivity contribution is 6.96. The number of pyridine rings is 2. The van der Waals surface area contributed by atoms with Crippen molar-refractivity contribution in [3.05, 3.63) is 60.2 Å². The van der Waals surface area contributed by atoms with E-state index in [-0.39, 0.29) is 0 Å². The largest absolute Gasteiger partial charge is 0.436 e. The second-order valence-electron chi connectivity index (χ2n) is 36.9. The Kier molecular flexibility index (Phi) is 37.3. The third-order valence-electron chi connectivity index (χ3n) is 13.8. The molecule has 0 aromatic carbocycles. The summed E-state index contributed by atoms with van der Waals surface area (Å²) in [5, 5.41) is 0. The van der Waals surface area contributed by atoms with Crippen LogP contribution in [0.2, 0.25) is 287 Å². The van der Waals surface area contributed by atoms with Crippen LogP contribution in [0.5, 0.6) is 0 Å². The number of hydrogen-bond donors (Lipinski definition) is 0. The SMILES string of the molecule is C[Si](C)(CCCN=Cc1ccccn1)O[Si](C)(C)O[Si](C)(C)O[Si](C)(C)O[Si](C)(C)O[Si](C)(C)O[Si](C)(C)O[Si](C)(C)O[Si](C)(C)O[Si](C)(C)O[Si](C)(C)O[Si](C)(C)O[Si](C)(C)O[Si](C)(C)O[Si](C)(C)O[Si](C)(C)O[Si](C)(C)O[Si](C)(C)O[Si](C)(C)O[Si](C)(C)O[Si](C)(C)CCCN=Cc1ccccn1. The second kappa shape index (κ2) is 38.2. The molecular formula is C60H148N4O20Si21. The van der Waals surface area contributed by atoms with Gasteiger partial charge in [0.2, 0.25) is 0 Å². The summed E-state index contributed by atoms with van der Waals surface area (Å²) >= 11 is 0. The summed E-state index contributed by atoms with van der Waals surface area (Å²) in [7, 11) is -57.8. The van der Waals surface area contributed by atoms with E-state index in [1.54, 1.807) is 12.4 Å². The highest BCUT2D eigenvalue weighted by atomic mass is 28.6. The average molecular weight is 1840 g/mol. The Morgan fingerprint density at radius 2 is 0.362 bits per heavy atom. The molecule has 2 heterocycles. The van der Waals surface area contributed by atoms with Gasteiger partial charge in [0.15, 0.2) is 16.6 Å². The normalized spacial score (nSPS) is 15.5. The molecule has 0 unspecified atom stereocenters. The maximum absolute atomic E-state index is 7.00. The fourth-order valence-electron chi connectivity index (χ4n) is 14.9. The minimum Gasteiger partial charge on any atom is -0.436 e. The van der Waals surface area contributed by atoms with Crippen molar-refractivity contribution >= 4 is 192 Å². The van der Waals surface area contributed by atoms with E-state index >= 15 is 0 Å². The zero-order valence-electron chi connectivity index (χ0n) is 73.5. The van der Waals surface area contributed by atoms with Gasteiger partial charge < -0.3 is 82.3 Å². The van der Waals surface area contributed by atoms with Crippen LogP contribution in [0.4, 0.5) is 0 Å². The number of nitrogens with zero attached hydrogens (tertiary/aromatic N) is 4. The Hall–Kier alpha value is 1.39. The average Bonchev–Trinajstić information content (AvgIpc) is 0.806. The summed E-state index contributed by atoms with van der Waals surface area (Å²) in [5.74, 6) is 0. The van der Waals surface area contributed by atoms with Crippen molar-refractivity contribution in [3.63, 3.8) is 0 Å². The molecule has 0 bridgehead atoms. The van der Waals surface area contributed by atoms with Gasteiger partial charge in [0.25, 0.3) is 0 Å². The van der Waals surface area contributed by atoms with Crippen molar-refractivity contribution in [2.24, 2.45) is 9.98 Å². The van der Waals surface area contributed by atoms with Gasteiger partial charge in [-0.2, -0.15) is 0 Å². The van der Waals surface area contributed by atoms with E-state index < -0.39 is 179 Å². The van der Waals surface area contributed by atoms with Crippen LogP contribution >= 0.6 is 0 Å². The fraction of sp³-hybridized carbons (Fsp3) is 0.800. The maximum atomic E-state index is 7.00. The number of rotatable bonds is 50. The van der Waals surface area contributed by atoms with Gasteiger partial charge in [-0.1, -0.05) is 12.1 Å². The van der Waals surface area contributed by atoms with Crippen molar-refractivity contribution < 1.29 is 82.3 Å². The lowest BCUT2D eigenvalue weighted by atomic mass is 10.4. The molecule has 0 aliphatic carbocycles. The molecule has 0 aliphatic rings. The summed E-state index contributed by atoms with van der Waals surface area (Å²) < 4.78 is 139. The summed E-state index contributed by atoms with van der Waals surface area (Å²) in [5.41, 5.74) is 1.73. The molecule has 0 atom stereocenters. The van der Waals surface area contributed by atoms with Crippen LogP contribution in [0.25, 0.3) is 0 Å². The van der Waals surface area contributed by atoms with Gasteiger partial charge in [0.05, 0.1) is 11.4 Å². The van der Waals surface area contributed by atoms with Gasteiger partial charge in [0, 0.05) is 37.9 Å². The number of hydrogen-bond acceptors (Lipinski definition) is 24. The van der Waals surface area contributed by atoms with Crippen LogP contribution in [-0.4, -0.2) is 215 Å². The fourth-order valence-corrected chi connectivity index (χ4v) is 124. The predicted molar refractivity (Wildman–Crippen MR) is 481 cm³/mol. The van der Waals surface area contributed by atoms with E-state index in [0.29, 0.717) is 0 Å². The Bertz CT molecular complexity index is 2870. The van der Waals surface area contributed by atoms with Crippen LogP contribution in [0.1, 0.15) is 24.2 Å². The topological polar surface area (TPSA) is 235 Å². The minimum atomic E-state index is -2.90. The van der Waals surface area contributed by atoms with Crippen molar-refractivity contribution in [2.75, 3.05) is 13.1 Å². The molecule has 0 saturated carbocycles. The van der Waals surface area contributed by atoms with Crippen molar-refractivity contribution in [1.82, 2.24) is 9.97 Å². The van der Waals surface area contributed by atoms with E-state index in [9.17, 15) is 0 Å². The van der Waals surface area contributed by atoms with Crippen LogP contribution in [0.3, 0.4) is 0 Å². The lowest BCUT2D eigenvalue weighted by Crippen LogP contribution is -2.63. The van der Waals surface area contributed by atoms with Crippen molar-refractivity contribution in [2.45, 2.75) is 300 Å². The third kappa shape index (κ3) is 46.7. The van der Waals surface area contributed by atoms with Crippen LogP contribution < -0.4 is 0 Å². The van der Waals surface area contributed by atoms with E-state index in [1.165, 1.54) is 0 Å². The van der Waals surface area contributed by atoms with Crippen molar-refractivity contribution in [3.8, 4) is 0 Å². The van der Waals surface area contributed by atoms with Crippen LogP contribution in [0, 0.1) is 0 Å². The Morgan fingerprint density at radius 3 is 0.495 bits per heavy atom. The molecule has 2 aromatic rings. The van der Waals surface area contributed by atoms with Gasteiger partial charge in [-0.3, -0.25) is 20.0 Å². The van der Waals surface area contributed by atoms with Gasteiger partial charge >= 0.3 is 163 Å². The molecule has 0 N–H and O–H groups in total. The number of aromatic nitrogens is 2. The summed E-state index contributed by atoms with van der Waals surface area (Å²) in [6.45, 7) is 89.3. The molecule has 2 aromatic heterocycles. The molecule has 612 valence electrons. The molecule has 0 spiro atoms. The highest BCUT2D eigenvalue weighted by Crippen LogP contribution is 2.36. The molecular weight excluding hydrogens is 1690 g/mol. The van der Waals surface area contributed by atoms with Gasteiger partial charge in [-0.25, -0.2) is 0 Å². The maximum Gasteiger partial charge on any atom is 0.314 e. The Morgan fingerprint density at radius 1 is 0.219 bits per heavy atom. The lowest BCUT2D eigenvalue weighted by Gasteiger charge is -2.45. The highest BCUT2D eigenvalue weighted by Gasteiger charge is 2.55. The summed E-state index contributed by atoms with van der Waals surface area (Å²) in [6.07, 6.45) is 9.11. The molecule has 0 radical (unpaired) electrons. The molecule has 2 rings (SSSR count). The summed E-state index contributed by atoms with van der Waals surface area (Å²) in [6, 6.07) is 13.6. The van der Waals surface area contributed by atoms with Crippen LogP contribution in [0.15, 0.2) is 58.8 Å². The smallest absolute Gasteiger partial charge is 0.314 e. The molecule has 0 aliphatic heterocycles. The van der Waals surface area contributed by atoms with E-state index in [0.717, 1.165) is 49.4 Å². The first-order valence-corrected chi connectivity index (χ1v) is 96.9. The monoisotopic (exact) mass is 1830 g/mol. The molecule has 45 heteroatoms. The van der Waals surface area contributed by atoms with Gasteiger partial charge in [0.1, 0.15) is 0 Å². The first-order chi connectivity index (χ1) is 46.3. The Labute approximate surface area is 661 Å². The minimum absolute atomic E-state index is 0.726. The molecule has 24 nitrogen and oxygen atoms in total. The van der Waals surface area contributed by atoms with E-state index in [2.05, 4.69) is 295 Å². The molecule has 0 fully saturated rings. The first-order valence-electron chi connectivity index (χ1n) is 37.1. The van der Waals surface area contributed by atoms with E-state index in [1.807, 2.05) is 48.8 Å². The van der Waals surface area contributed by atoms with E-state index in [4.69, 9.17) is 82.3 Å². The van der Waals surface area contributed by atoms with Crippen molar-refractivity contribution in [1.29, 1.82) is 0 Å². The third-order valence-corrected chi connectivity index (χ3v) is 96.1. The summed E-state index contributed by atoms with van der Waals surface area (Å²) in [4.78, 5) is 17.9. The zero-order chi connectivity index (χ0) is 81.9. The predicted octanol–water partition coefficient (Wildman–Crippen LogP) is 18.9. The number of aliphatic imine (C=N–C) groups is 2. The quantitative estimate of drug-likeness (QED) is 0.0340. The standard InChI is InChI=1S/C60H148N4O20Si21/c1-85(2,55-47-51-61-57-59-49-43-45-53-63-59)65-87(5,6)67-89(9,10)69-91(13,14)71-93(17,18)73-95(21,22)75-97(25,26)77-99(29,30)79-101(33,34)81-103(37,38)83-105(41,42)84-104(39,40)82-102(35,36)80-100(31,32)78-98(27,28)76-96(23,24)74-94(19,20)72-92(15,16)70-90(11,12)68-88(7,8)66-86(3,4)56-48-52-62-58-60-50-44-46-54-64-60/h43-46,49-50,53-54,57-58H,47-48,51-52,55-56H2,1-42H3. The lowest BCUT2D eigenvalue weighted by molar-refractivity contribution is 0.250. The molecule has 0 amide bonds. The Balaban J connectivity index is 2.00. The van der Waals surface area contributed by atoms with Crippen LogP contribution in [-0.2, 0) is 82.3 Å².